The Morgan fingerprint density at radius 1 is 1.41 bits per heavy atom. The number of hydrogen-bond acceptors (Lipinski definition) is 2. The van der Waals surface area contributed by atoms with Gasteiger partial charge < -0.3 is 4.90 Å². The van der Waals surface area contributed by atoms with E-state index in [2.05, 4.69) is 18.8 Å². The van der Waals surface area contributed by atoms with Crippen molar-refractivity contribution in [2.45, 2.75) is 26.7 Å². The number of pyridine rings is 1. The van der Waals surface area contributed by atoms with E-state index in [0.29, 0.717) is 16.1 Å². The fraction of sp³-hybridized carbons (Fsp3) is 0.538. The van der Waals surface area contributed by atoms with E-state index < -0.39 is 0 Å². The van der Waals surface area contributed by atoms with E-state index in [1.165, 1.54) is 0 Å². The zero-order chi connectivity index (χ0) is 12.5. The molecular weight excluding hydrogens is 236 g/mol. The molecule has 0 N–H and O–H groups in total. The smallest absolute Gasteiger partial charge is 0.254 e. The lowest BCUT2D eigenvalue weighted by Gasteiger charge is -2.36. The van der Waals surface area contributed by atoms with Crippen molar-refractivity contribution in [2.24, 2.45) is 5.41 Å². The first-order chi connectivity index (χ1) is 7.98. The largest absolute Gasteiger partial charge is 0.339 e. The van der Waals surface area contributed by atoms with Crippen LogP contribution in [0.4, 0.5) is 0 Å². The van der Waals surface area contributed by atoms with Crippen LogP contribution in [-0.2, 0) is 0 Å². The SMILES string of the molecule is CC1(C)CCN(C(=O)c2ccnc(Cl)c2)CC1. The minimum Gasteiger partial charge on any atom is -0.339 e. The van der Waals surface area contributed by atoms with Crippen LogP contribution in [0.2, 0.25) is 5.15 Å². The summed E-state index contributed by atoms with van der Waals surface area (Å²) in [4.78, 5) is 18.0. The van der Waals surface area contributed by atoms with Crippen molar-refractivity contribution in [3.8, 4) is 0 Å². The molecule has 0 aromatic carbocycles. The monoisotopic (exact) mass is 252 g/mol. The maximum Gasteiger partial charge on any atom is 0.254 e. The molecule has 1 aromatic heterocycles. The minimum atomic E-state index is 0.0600. The van der Waals surface area contributed by atoms with Gasteiger partial charge in [-0.3, -0.25) is 4.79 Å². The molecule has 0 unspecified atom stereocenters. The highest BCUT2D eigenvalue weighted by Crippen LogP contribution is 2.30. The Bertz CT molecular complexity index is 421. The molecule has 0 radical (unpaired) electrons. The summed E-state index contributed by atoms with van der Waals surface area (Å²) in [5, 5.41) is 0.369. The van der Waals surface area contributed by atoms with Gasteiger partial charge in [0.2, 0.25) is 0 Å². The van der Waals surface area contributed by atoms with Crippen molar-refractivity contribution in [3.05, 3.63) is 29.0 Å². The highest BCUT2D eigenvalue weighted by Gasteiger charge is 2.28. The van der Waals surface area contributed by atoms with Gasteiger partial charge in [-0.1, -0.05) is 25.4 Å². The Labute approximate surface area is 107 Å². The molecule has 4 heteroatoms. The van der Waals surface area contributed by atoms with Gasteiger partial charge in [-0.15, -0.1) is 0 Å². The van der Waals surface area contributed by atoms with Gasteiger partial charge in [0.05, 0.1) is 0 Å². The summed E-state index contributed by atoms with van der Waals surface area (Å²) in [6.07, 6.45) is 3.68. The number of hydrogen-bond donors (Lipinski definition) is 0. The maximum absolute atomic E-state index is 12.2. The molecule has 2 rings (SSSR count). The molecule has 1 amide bonds. The van der Waals surface area contributed by atoms with Crippen LogP contribution in [0.25, 0.3) is 0 Å². The van der Waals surface area contributed by atoms with Crippen LogP contribution in [0.15, 0.2) is 18.3 Å². The van der Waals surface area contributed by atoms with Crippen LogP contribution in [0, 0.1) is 5.41 Å². The molecule has 1 saturated heterocycles. The van der Waals surface area contributed by atoms with Crippen LogP contribution in [0.1, 0.15) is 37.0 Å². The lowest BCUT2D eigenvalue weighted by Crippen LogP contribution is -2.41. The predicted octanol–water partition coefficient (Wildman–Crippen LogP) is 3.00. The number of halogens is 1. The predicted molar refractivity (Wildman–Crippen MR) is 68.2 cm³/mol. The number of piperidine rings is 1. The fourth-order valence-corrected chi connectivity index (χ4v) is 2.21. The van der Waals surface area contributed by atoms with Crippen LogP contribution in [0.3, 0.4) is 0 Å². The molecule has 92 valence electrons. The zero-order valence-corrected chi connectivity index (χ0v) is 11.0. The van der Waals surface area contributed by atoms with E-state index in [0.717, 1.165) is 25.9 Å². The molecule has 0 aliphatic carbocycles. The van der Waals surface area contributed by atoms with Crippen molar-refractivity contribution in [1.29, 1.82) is 0 Å². The van der Waals surface area contributed by atoms with Crippen molar-refractivity contribution in [2.75, 3.05) is 13.1 Å². The van der Waals surface area contributed by atoms with Gasteiger partial charge in [-0.2, -0.15) is 0 Å². The summed E-state index contributed by atoms with van der Waals surface area (Å²) in [5.74, 6) is 0.0600. The first-order valence-corrected chi connectivity index (χ1v) is 6.27. The van der Waals surface area contributed by atoms with Crippen LogP contribution in [0.5, 0.6) is 0 Å². The van der Waals surface area contributed by atoms with Gasteiger partial charge in [0.15, 0.2) is 0 Å². The molecular formula is C13H17ClN2O. The summed E-state index contributed by atoms with van der Waals surface area (Å²) in [6, 6.07) is 3.34. The maximum atomic E-state index is 12.2. The van der Waals surface area contributed by atoms with Gasteiger partial charge in [-0.25, -0.2) is 4.98 Å². The lowest BCUT2D eigenvalue weighted by atomic mass is 9.82. The number of rotatable bonds is 1. The van der Waals surface area contributed by atoms with Gasteiger partial charge in [0.1, 0.15) is 5.15 Å². The van der Waals surface area contributed by atoms with Gasteiger partial charge in [0, 0.05) is 24.8 Å². The number of carbonyl (C=O) groups is 1. The Morgan fingerprint density at radius 2 is 2.06 bits per heavy atom. The number of carbonyl (C=O) groups excluding carboxylic acids is 1. The first kappa shape index (κ1) is 12.4. The molecule has 0 atom stereocenters. The van der Waals surface area contributed by atoms with Gasteiger partial charge in [0.25, 0.3) is 5.91 Å². The summed E-state index contributed by atoms with van der Waals surface area (Å²) in [7, 11) is 0. The molecule has 1 fully saturated rings. The summed E-state index contributed by atoms with van der Waals surface area (Å²) < 4.78 is 0. The average molecular weight is 253 g/mol. The Hall–Kier alpha value is -1.09. The number of nitrogens with zero attached hydrogens (tertiary/aromatic N) is 2. The second kappa shape index (κ2) is 4.65. The Balaban J connectivity index is 2.07. The highest BCUT2D eigenvalue weighted by molar-refractivity contribution is 6.29. The van der Waals surface area contributed by atoms with Gasteiger partial charge >= 0.3 is 0 Å². The van der Waals surface area contributed by atoms with Crippen molar-refractivity contribution < 1.29 is 4.79 Å². The summed E-state index contributed by atoms with van der Waals surface area (Å²) in [6.45, 7) is 6.15. The number of amides is 1. The second-order valence-electron chi connectivity index (χ2n) is 5.32. The summed E-state index contributed by atoms with van der Waals surface area (Å²) in [5.41, 5.74) is 0.983. The Kier molecular flexibility index (Phi) is 3.38. The van der Waals surface area contributed by atoms with Crippen molar-refractivity contribution in [1.82, 2.24) is 9.88 Å². The average Bonchev–Trinajstić information content (AvgIpc) is 2.28. The van der Waals surface area contributed by atoms with E-state index >= 15 is 0 Å². The third-order valence-corrected chi connectivity index (χ3v) is 3.58. The summed E-state index contributed by atoms with van der Waals surface area (Å²) >= 11 is 5.79. The zero-order valence-electron chi connectivity index (χ0n) is 10.2. The molecule has 1 aliphatic heterocycles. The van der Waals surface area contributed by atoms with Gasteiger partial charge in [-0.05, 0) is 30.4 Å². The van der Waals surface area contributed by atoms with E-state index in [1.807, 2.05) is 4.90 Å². The molecule has 17 heavy (non-hydrogen) atoms. The first-order valence-electron chi connectivity index (χ1n) is 5.89. The quantitative estimate of drug-likeness (QED) is 0.720. The van der Waals surface area contributed by atoms with E-state index in [1.54, 1.807) is 18.3 Å². The third-order valence-electron chi connectivity index (χ3n) is 3.38. The minimum absolute atomic E-state index is 0.0600. The lowest BCUT2D eigenvalue weighted by molar-refractivity contribution is 0.0630. The second-order valence-corrected chi connectivity index (χ2v) is 5.71. The molecule has 0 bridgehead atoms. The number of aromatic nitrogens is 1. The Morgan fingerprint density at radius 3 is 2.65 bits per heavy atom. The molecule has 1 aromatic rings. The normalized spacial score (nSPS) is 19.1. The van der Waals surface area contributed by atoms with Crippen LogP contribution >= 0.6 is 11.6 Å². The molecule has 0 saturated carbocycles. The third kappa shape index (κ3) is 2.97. The van der Waals surface area contributed by atoms with Crippen LogP contribution in [-0.4, -0.2) is 28.9 Å². The number of likely N-dealkylation sites (tertiary alicyclic amines) is 1. The molecule has 0 spiro atoms. The fourth-order valence-electron chi connectivity index (χ4n) is 2.03. The van der Waals surface area contributed by atoms with Crippen LogP contribution < -0.4 is 0 Å². The molecule has 3 nitrogen and oxygen atoms in total. The van der Waals surface area contributed by atoms with Crippen molar-refractivity contribution >= 4 is 17.5 Å². The van der Waals surface area contributed by atoms with Crippen molar-refractivity contribution in [3.63, 3.8) is 0 Å². The van der Waals surface area contributed by atoms with E-state index in [9.17, 15) is 4.79 Å². The molecule has 1 aliphatic rings. The standard InChI is InChI=1S/C13H17ClN2O/c1-13(2)4-7-16(8-5-13)12(17)10-3-6-15-11(14)9-10/h3,6,9H,4-5,7-8H2,1-2H3. The molecule has 2 heterocycles. The highest BCUT2D eigenvalue weighted by atomic mass is 35.5. The van der Waals surface area contributed by atoms with E-state index in [4.69, 9.17) is 11.6 Å². The topological polar surface area (TPSA) is 33.2 Å². The van der Waals surface area contributed by atoms with E-state index in [-0.39, 0.29) is 5.91 Å².